The van der Waals surface area contributed by atoms with Gasteiger partial charge in [-0.1, -0.05) is 13.3 Å². The largest absolute Gasteiger partial charge is 0.366 e. The van der Waals surface area contributed by atoms with Gasteiger partial charge in [0.05, 0.1) is 0 Å². The minimum Gasteiger partial charge on any atom is -0.366 e. The lowest BCUT2D eigenvalue weighted by Crippen LogP contribution is -2.28. The number of hydrogen-bond donors (Lipinski definition) is 0. The van der Waals surface area contributed by atoms with E-state index in [2.05, 4.69) is 0 Å². The predicted octanol–water partition coefficient (Wildman–Crippen LogP) is 2.51. The van der Waals surface area contributed by atoms with Gasteiger partial charge in [0, 0.05) is 31.9 Å². The zero-order chi connectivity index (χ0) is 13.3. The van der Waals surface area contributed by atoms with E-state index in [1.807, 2.05) is 13.8 Å². The van der Waals surface area contributed by atoms with Crippen LogP contribution in [0.1, 0.15) is 47.0 Å². The number of hydrogen-bond acceptors (Lipinski definition) is 5. The molecular formula is C11H21NO4S. The van der Waals surface area contributed by atoms with Gasteiger partial charge >= 0.3 is 5.97 Å². The highest BCUT2D eigenvalue weighted by molar-refractivity contribution is 7.97. The fourth-order valence-electron chi connectivity index (χ4n) is 1.02. The average Bonchev–Trinajstić information content (AvgIpc) is 2.25. The van der Waals surface area contributed by atoms with Crippen molar-refractivity contribution in [3.05, 3.63) is 0 Å². The van der Waals surface area contributed by atoms with E-state index in [0.717, 1.165) is 29.3 Å². The standard InChI is InChI=1S/C11H21NO4S/c1-5-7-8-11(14)16-12(9(3)13)17-10(4)15-6-2/h10H,5-8H2,1-4H3. The molecule has 0 saturated heterocycles. The molecule has 6 heteroatoms. The molecule has 0 fully saturated rings. The average molecular weight is 263 g/mol. The molecule has 0 N–H and O–H groups in total. The van der Waals surface area contributed by atoms with Crippen LogP contribution in [0.15, 0.2) is 0 Å². The second-order valence-corrected chi connectivity index (χ2v) is 4.68. The molecule has 5 nitrogen and oxygen atoms in total. The summed E-state index contributed by atoms with van der Waals surface area (Å²) in [7, 11) is 0. The Morgan fingerprint density at radius 1 is 1.35 bits per heavy atom. The number of hydroxylamine groups is 1. The molecule has 0 heterocycles. The molecule has 17 heavy (non-hydrogen) atoms. The quantitative estimate of drug-likeness (QED) is 0.401. The van der Waals surface area contributed by atoms with Crippen LogP contribution >= 0.6 is 11.9 Å². The molecule has 0 aliphatic carbocycles. The summed E-state index contributed by atoms with van der Waals surface area (Å²) in [5.41, 5.74) is -0.233. The molecule has 0 spiro atoms. The van der Waals surface area contributed by atoms with Crippen molar-refractivity contribution in [1.29, 1.82) is 0 Å². The lowest BCUT2D eigenvalue weighted by Gasteiger charge is -2.21. The van der Waals surface area contributed by atoms with Crippen LogP contribution < -0.4 is 0 Å². The Balaban J connectivity index is 4.15. The Hall–Kier alpha value is -0.750. The first kappa shape index (κ1) is 16.2. The van der Waals surface area contributed by atoms with Crippen LogP contribution in [0.25, 0.3) is 0 Å². The van der Waals surface area contributed by atoms with Crippen molar-refractivity contribution in [3.63, 3.8) is 0 Å². The van der Waals surface area contributed by atoms with Gasteiger partial charge in [-0.25, -0.2) is 4.79 Å². The fourth-order valence-corrected chi connectivity index (χ4v) is 1.76. The van der Waals surface area contributed by atoms with Crippen molar-refractivity contribution < 1.29 is 19.2 Å². The minimum absolute atomic E-state index is 0.233. The van der Waals surface area contributed by atoms with Gasteiger partial charge in [-0.05, 0) is 20.3 Å². The molecule has 100 valence electrons. The summed E-state index contributed by atoms with van der Waals surface area (Å²) in [6.07, 6.45) is 2.00. The van der Waals surface area contributed by atoms with Gasteiger partial charge in [0.15, 0.2) is 0 Å². The zero-order valence-electron chi connectivity index (χ0n) is 10.9. The van der Waals surface area contributed by atoms with Crippen molar-refractivity contribution in [2.75, 3.05) is 6.61 Å². The Morgan fingerprint density at radius 2 is 2.00 bits per heavy atom. The van der Waals surface area contributed by atoms with Crippen LogP contribution in [0.4, 0.5) is 0 Å². The molecule has 0 bridgehead atoms. The van der Waals surface area contributed by atoms with Gasteiger partial charge in [0.1, 0.15) is 5.44 Å². The third-order valence-electron chi connectivity index (χ3n) is 1.82. The monoisotopic (exact) mass is 263 g/mol. The summed E-state index contributed by atoms with van der Waals surface area (Å²) in [5.74, 6) is -0.718. The molecule has 0 aliphatic heterocycles. The lowest BCUT2D eigenvalue weighted by atomic mass is 10.3. The van der Waals surface area contributed by atoms with Gasteiger partial charge < -0.3 is 9.57 Å². The topological polar surface area (TPSA) is 55.8 Å². The van der Waals surface area contributed by atoms with Gasteiger partial charge in [0.2, 0.25) is 0 Å². The number of nitrogens with zero attached hydrogens (tertiary/aromatic N) is 1. The molecule has 0 rings (SSSR count). The highest BCUT2D eigenvalue weighted by atomic mass is 32.2. The Bertz CT molecular complexity index is 248. The maximum Gasteiger partial charge on any atom is 0.333 e. The zero-order valence-corrected chi connectivity index (χ0v) is 11.7. The van der Waals surface area contributed by atoms with Gasteiger partial charge in [-0.3, -0.25) is 4.79 Å². The SMILES string of the molecule is CCCCC(=O)ON(SC(C)OCC)C(C)=O. The summed E-state index contributed by atoms with van der Waals surface area (Å²) in [4.78, 5) is 27.6. The first-order valence-electron chi connectivity index (χ1n) is 5.81. The first-order valence-corrected chi connectivity index (χ1v) is 6.64. The van der Waals surface area contributed by atoms with E-state index in [4.69, 9.17) is 9.57 Å². The van der Waals surface area contributed by atoms with E-state index < -0.39 is 5.97 Å². The smallest absolute Gasteiger partial charge is 0.333 e. The second kappa shape index (κ2) is 9.30. The molecule has 1 atom stereocenters. The number of unbranched alkanes of at least 4 members (excludes halogenated alkanes) is 1. The lowest BCUT2D eigenvalue weighted by molar-refractivity contribution is -0.176. The van der Waals surface area contributed by atoms with Crippen molar-refractivity contribution in [1.82, 2.24) is 4.47 Å². The van der Waals surface area contributed by atoms with Crippen molar-refractivity contribution in [2.24, 2.45) is 0 Å². The normalized spacial score (nSPS) is 12.0. The summed E-state index contributed by atoms with van der Waals surface area (Å²) >= 11 is 1.06. The molecule has 1 amide bonds. The number of ether oxygens (including phenoxy) is 1. The number of rotatable bonds is 7. The third kappa shape index (κ3) is 8.04. The molecule has 0 aromatic heterocycles. The van der Waals surface area contributed by atoms with Crippen LogP contribution in [-0.2, 0) is 19.2 Å². The Morgan fingerprint density at radius 3 is 2.47 bits per heavy atom. The van der Waals surface area contributed by atoms with E-state index in [9.17, 15) is 9.59 Å². The van der Waals surface area contributed by atoms with Crippen molar-refractivity contribution in [2.45, 2.75) is 52.4 Å². The number of amides is 1. The predicted molar refractivity (Wildman–Crippen MR) is 66.8 cm³/mol. The van der Waals surface area contributed by atoms with Gasteiger partial charge in [0.25, 0.3) is 5.91 Å². The molecule has 0 saturated carbocycles. The summed E-state index contributed by atoms with van der Waals surface area (Å²) in [6.45, 7) is 7.54. The maximum absolute atomic E-state index is 11.4. The molecular weight excluding hydrogens is 242 g/mol. The van der Waals surface area contributed by atoms with Crippen molar-refractivity contribution in [3.8, 4) is 0 Å². The van der Waals surface area contributed by atoms with E-state index in [0.29, 0.717) is 13.0 Å². The van der Waals surface area contributed by atoms with E-state index in [1.165, 1.54) is 6.92 Å². The minimum atomic E-state index is -0.391. The highest BCUT2D eigenvalue weighted by Crippen LogP contribution is 2.19. The maximum atomic E-state index is 11.4. The summed E-state index contributed by atoms with van der Waals surface area (Å²) < 4.78 is 6.25. The summed E-state index contributed by atoms with van der Waals surface area (Å²) in [6, 6.07) is 0. The molecule has 0 aromatic rings. The third-order valence-corrected chi connectivity index (χ3v) is 2.78. The van der Waals surface area contributed by atoms with Crippen LogP contribution in [-0.4, -0.2) is 28.4 Å². The fraction of sp³-hybridized carbons (Fsp3) is 0.818. The summed E-state index contributed by atoms with van der Waals surface area (Å²) in [5, 5.41) is 0. The number of carbonyl (C=O) groups excluding carboxylic acids is 2. The van der Waals surface area contributed by atoms with Gasteiger partial charge in [-0.2, -0.15) is 0 Å². The van der Waals surface area contributed by atoms with Gasteiger partial charge in [-0.15, -0.1) is 4.47 Å². The van der Waals surface area contributed by atoms with E-state index in [1.54, 1.807) is 6.92 Å². The Labute approximate surface area is 107 Å². The molecule has 0 aliphatic rings. The molecule has 1 unspecified atom stereocenters. The highest BCUT2D eigenvalue weighted by Gasteiger charge is 2.19. The van der Waals surface area contributed by atoms with E-state index in [-0.39, 0.29) is 11.3 Å². The van der Waals surface area contributed by atoms with Crippen LogP contribution in [0.3, 0.4) is 0 Å². The van der Waals surface area contributed by atoms with Crippen LogP contribution in [0, 0.1) is 0 Å². The van der Waals surface area contributed by atoms with Crippen molar-refractivity contribution >= 4 is 23.8 Å². The second-order valence-electron chi connectivity index (χ2n) is 3.47. The van der Waals surface area contributed by atoms with E-state index >= 15 is 0 Å². The molecule has 0 aromatic carbocycles. The number of carbonyl (C=O) groups is 2. The Kier molecular flexibility index (Phi) is 8.89. The molecule has 0 radical (unpaired) electrons. The first-order chi connectivity index (χ1) is 8.01. The van der Waals surface area contributed by atoms with Crippen LogP contribution in [0.2, 0.25) is 0 Å². The van der Waals surface area contributed by atoms with Crippen LogP contribution in [0.5, 0.6) is 0 Å².